The summed E-state index contributed by atoms with van der Waals surface area (Å²) in [6.45, 7) is 10.5. The Morgan fingerprint density at radius 2 is 2.04 bits per heavy atom. The third kappa shape index (κ3) is 2.64. The molecule has 2 aliphatic heterocycles. The Kier molecular flexibility index (Phi) is 4.25. The summed E-state index contributed by atoms with van der Waals surface area (Å²) >= 11 is 0. The van der Waals surface area contributed by atoms with Gasteiger partial charge in [0, 0.05) is 31.4 Å². The van der Waals surface area contributed by atoms with E-state index in [9.17, 15) is 10.1 Å². The van der Waals surface area contributed by atoms with Gasteiger partial charge < -0.3 is 9.80 Å². The van der Waals surface area contributed by atoms with E-state index < -0.39 is 0 Å². The maximum absolute atomic E-state index is 13.1. The highest BCUT2D eigenvalue weighted by Gasteiger charge is 2.49. The molecule has 1 aromatic rings. The number of nitriles is 1. The molecule has 0 N–H and O–H groups in total. The number of carbonyl (C=O) groups excluding carboxylic acids is 1. The Labute approximate surface area is 144 Å². The highest BCUT2D eigenvalue weighted by atomic mass is 16.2. The van der Waals surface area contributed by atoms with Crippen LogP contribution in [0.25, 0.3) is 0 Å². The maximum Gasteiger partial charge on any atom is 0.230 e. The molecule has 2 fully saturated rings. The summed E-state index contributed by atoms with van der Waals surface area (Å²) in [6.07, 6.45) is 2.86. The molecule has 5 heteroatoms. The lowest BCUT2D eigenvalue weighted by molar-refractivity contribution is -0.147. The van der Waals surface area contributed by atoms with Crippen molar-refractivity contribution < 1.29 is 4.79 Å². The summed E-state index contributed by atoms with van der Waals surface area (Å²) < 4.78 is 0. The van der Waals surface area contributed by atoms with E-state index in [1.54, 1.807) is 0 Å². The van der Waals surface area contributed by atoms with Gasteiger partial charge in [0.1, 0.15) is 11.9 Å². The number of rotatable bonds is 2. The smallest absolute Gasteiger partial charge is 0.230 e. The molecule has 0 aromatic carbocycles. The van der Waals surface area contributed by atoms with Gasteiger partial charge in [-0.2, -0.15) is 5.26 Å². The standard InChI is InChI=1S/C19H26N4O/c1-13(2)23-8-5-6-19(18(23)24)7-9-22(12-19)17-16(11-20)10-14(3)15(4)21-17/h10,13H,5-9,12H2,1-4H3. The lowest BCUT2D eigenvalue weighted by Crippen LogP contribution is -2.52. The second-order valence-corrected chi connectivity index (χ2v) is 7.52. The number of anilines is 1. The summed E-state index contributed by atoms with van der Waals surface area (Å²) in [5, 5.41) is 9.47. The molecular weight excluding hydrogens is 300 g/mol. The number of pyridine rings is 1. The second kappa shape index (κ2) is 6.08. The van der Waals surface area contributed by atoms with E-state index in [0.717, 1.165) is 49.4 Å². The molecule has 0 bridgehead atoms. The maximum atomic E-state index is 13.1. The molecular formula is C19H26N4O. The Hall–Kier alpha value is -2.09. The van der Waals surface area contributed by atoms with Crippen molar-refractivity contribution in [2.75, 3.05) is 24.5 Å². The highest BCUT2D eigenvalue weighted by molar-refractivity contribution is 5.85. The fraction of sp³-hybridized carbons (Fsp3) is 0.632. The first kappa shape index (κ1) is 16.8. The molecule has 3 heterocycles. The van der Waals surface area contributed by atoms with Crippen LogP contribution in [0.1, 0.15) is 49.9 Å². The van der Waals surface area contributed by atoms with Gasteiger partial charge in [0.2, 0.25) is 5.91 Å². The number of nitrogens with zero attached hydrogens (tertiary/aromatic N) is 4. The van der Waals surface area contributed by atoms with Gasteiger partial charge in [0.05, 0.1) is 11.0 Å². The third-order valence-corrected chi connectivity index (χ3v) is 5.61. The zero-order valence-electron chi connectivity index (χ0n) is 15.1. The number of amides is 1. The van der Waals surface area contributed by atoms with Gasteiger partial charge >= 0.3 is 0 Å². The van der Waals surface area contributed by atoms with E-state index in [4.69, 9.17) is 0 Å². The fourth-order valence-corrected chi connectivity index (χ4v) is 4.04. The number of hydrogen-bond acceptors (Lipinski definition) is 4. The topological polar surface area (TPSA) is 60.2 Å². The summed E-state index contributed by atoms with van der Waals surface area (Å²) in [4.78, 5) is 21.9. The van der Waals surface area contributed by atoms with E-state index in [-0.39, 0.29) is 17.4 Å². The molecule has 1 amide bonds. The normalized spacial score (nSPS) is 24.1. The lowest BCUT2D eigenvalue weighted by Gasteiger charge is -2.41. The minimum Gasteiger partial charge on any atom is -0.354 e. The van der Waals surface area contributed by atoms with Crippen molar-refractivity contribution in [2.45, 2.75) is 53.0 Å². The number of aryl methyl sites for hydroxylation is 2. The first-order chi connectivity index (χ1) is 11.4. The van der Waals surface area contributed by atoms with Crippen molar-refractivity contribution in [3.63, 3.8) is 0 Å². The number of piperidine rings is 1. The average molecular weight is 326 g/mol. The molecule has 3 rings (SSSR count). The van der Waals surface area contributed by atoms with Gasteiger partial charge in [-0.1, -0.05) is 0 Å². The first-order valence-corrected chi connectivity index (χ1v) is 8.82. The second-order valence-electron chi connectivity index (χ2n) is 7.52. The van der Waals surface area contributed by atoms with Crippen molar-refractivity contribution in [1.29, 1.82) is 5.26 Å². The van der Waals surface area contributed by atoms with E-state index in [2.05, 4.69) is 29.8 Å². The zero-order chi connectivity index (χ0) is 17.5. The van der Waals surface area contributed by atoms with Gasteiger partial charge in [0.15, 0.2) is 0 Å². The minimum atomic E-state index is -0.296. The molecule has 0 aliphatic carbocycles. The molecule has 1 aromatic heterocycles. The van der Waals surface area contributed by atoms with Crippen LogP contribution in [0.2, 0.25) is 0 Å². The van der Waals surface area contributed by atoms with Crippen LogP contribution in [0.15, 0.2) is 6.07 Å². The third-order valence-electron chi connectivity index (χ3n) is 5.61. The van der Waals surface area contributed by atoms with Crippen molar-refractivity contribution in [1.82, 2.24) is 9.88 Å². The first-order valence-electron chi connectivity index (χ1n) is 8.82. The minimum absolute atomic E-state index is 0.248. The molecule has 128 valence electrons. The van der Waals surface area contributed by atoms with Gasteiger partial charge in [-0.05, 0) is 58.6 Å². The van der Waals surface area contributed by atoms with Crippen LogP contribution in [0.5, 0.6) is 0 Å². The zero-order valence-corrected chi connectivity index (χ0v) is 15.1. The summed E-state index contributed by atoms with van der Waals surface area (Å²) in [6, 6.07) is 4.43. The molecule has 1 spiro atoms. The Balaban J connectivity index is 1.90. The Morgan fingerprint density at radius 1 is 1.29 bits per heavy atom. The van der Waals surface area contributed by atoms with Crippen LogP contribution < -0.4 is 4.90 Å². The summed E-state index contributed by atoms with van der Waals surface area (Å²) in [5.74, 6) is 1.03. The van der Waals surface area contributed by atoms with Gasteiger partial charge in [-0.25, -0.2) is 4.98 Å². The van der Waals surface area contributed by atoms with E-state index >= 15 is 0 Å². The average Bonchev–Trinajstić information content (AvgIpc) is 2.97. The van der Waals surface area contributed by atoms with E-state index in [1.807, 2.05) is 24.8 Å². The van der Waals surface area contributed by atoms with Gasteiger partial charge in [0.25, 0.3) is 0 Å². The van der Waals surface area contributed by atoms with Crippen molar-refractivity contribution in [3.05, 3.63) is 22.9 Å². The summed E-state index contributed by atoms with van der Waals surface area (Å²) in [5.41, 5.74) is 2.29. The van der Waals surface area contributed by atoms with Gasteiger partial charge in [-0.15, -0.1) is 0 Å². The van der Waals surface area contributed by atoms with Crippen molar-refractivity contribution in [2.24, 2.45) is 5.41 Å². The number of hydrogen-bond donors (Lipinski definition) is 0. The quantitative estimate of drug-likeness (QED) is 0.838. The lowest BCUT2D eigenvalue weighted by atomic mass is 9.78. The molecule has 1 atom stereocenters. The van der Waals surface area contributed by atoms with Crippen LogP contribution >= 0.6 is 0 Å². The van der Waals surface area contributed by atoms with Crippen LogP contribution in [-0.4, -0.2) is 41.5 Å². The number of likely N-dealkylation sites (tertiary alicyclic amines) is 1. The predicted octanol–water partition coefficient (Wildman–Crippen LogP) is 2.80. The Morgan fingerprint density at radius 3 is 2.71 bits per heavy atom. The molecule has 0 radical (unpaired) electrons. The predicted molar refractivity (Wildman–Crippen MR) is 93.8 cm³/mol. The molecule has 1 unspecified atom stereocenters. The van der Waals surface area contributed by atoms with Crippen LogP contribution in [-0.2, 0) is 4.79 Å². The van der Waals surface area contributed by atoms with Crippen LogP contribution in [0.4, 0.5) is 5.82 Å². The Bertz CT molecular complexity index is 706. The van der Waals surface area contributed by atoms with Crippen molar-refractivity contribution in [3.8, 4) is 6.07 Å². The van der Waals surface area contributed by atoms with E-state index in [1.165, 1.54) is 0 Å². The largest absolute Gasteiger partial charge is 0.354 e. The van der Waals surface area contributed by atoms with Gasteiger partial charge in [-0.3, -0.25) is 4.79 Å². The molecule has 2 aliphatic rings. The molecule has 2 saturated heterocycles. The summed E-state index contributed by atoms with van der Waals surface area (Å²) in [7, 11) is 0. The van der Waals surface area contributed by atoms with Crippen LogP contribution in [0.3, 0.4) is 0 Å². The number of aromatic nitrogens is 1. The van der Waals surface area contributed by atoms with Crippen LogP contribution in [0, 0.1) is 30.6 Å². The molecule has 24 heavy (non-hydrogen) atoms. The fourth-order valence-electron chi connectivity index (χ4n) is 4.04. The molecule has 0 saturated carbocycles. The van der Waals surface area contributed by atoms with E-state index in [0.29, 0.717) is 12.1 Å². The SMILES string of the molecule is Cc1cc(C#N)c(N2CCC3(CCCN(C(C)C)C3=O)C2)nc1C. The highest BCUT2D eigenvalue weighted by Crippen LogP contribution is 2.42. The van der Waals surface area contributed by atoms with Crippen molar-refractivity contribution >= 4 is 11.7 Å². The molecule has 5 nitrogen and oxygen atoms in total. The monoisotopic (exact) mass is 326 g/mol. The number of carbonyl (C=O) groups is 1.